The van der Waals surface area contributed by atoms with Crippen molar-refractivity contribution in [2.75, 3.05) is 0 Å². The second-order valence-electron chi connectivity index (χ2n) is 3.25. The van der Waals surface area contributed by atoms with Crippen LogP contribution >= 0.6 is 38.6 Å². The summed E-state index contributed by atoms with van der Waals surface area (Å²) in [4.78, 5) is 7.37. The van der Waals surface area contributed by atoms with Crippen LogP contribution in [-0.2, 0) is 11.8 Å². The predicted octanol–water partition coefficient (Wildman–Crippen LogP) is 4.72. The van der Waals surface area contributed by atoms with Crippen molar-refractivity contribution in [1.29, 1.82) is 0 Å². The van der Waals surface area contributed by atoms with Crippen molar-refractivity contribution in [1.82, 2.24) is 4.98 Å². The van der Waals surface area contributed by atoms with Crippen molar-refractivity contribution < 1.29 is 0 Å². The molecular formula is C11H12BrNS2. The van der Waals surface area contributed by atoms with Crippen molar-refractivity contribution in [3.63, 3.8) is 0 Å². The maximum atomic E-state index is 4.71. The summed E-state index contributed by atoms with van der Waals surface area (Å²) in [5.74, 6) is 0. The van der Waals surface area contributed by atoms with Gasteiger partial charge >= 0.3 is 0 Å². The van der Waals surface area contributed by atoms with Gasteiger partial charge in [-0.3, -0.25) is 0 Å². The van der Waals surface area contributed by atoms with Crippen molar-refractivity contribution in [2.45, 2.75) is 25.1 Å². The van der Waals surface area contributed by atoms with E-state index in [0.29, 0.717) is 0 Å². The fourth-order valence-electron chi connectivity index (χ4n) is 1.43. The Labute approximate surface area is 106 Å². The zero-order valence-electron chi connectivity index (χ0n) is 8.50. The molecule has 0 N–H and O–H groups in total. The fraction of sp³-hybridized carbons (Fsp3) is 0.364. The average molecular weight is 302 g/mol. The lowest BCUT2D eigenvalue weighted by Crippen LogP contribution is -1.87. The Hall–Kier alpha value is -0.190. The summed E-state index contributed by atoms with van der Waals surface area (Å²) in [6, 6.07) is 4.21. The molecule has 2 rings (SSSR count). The molecule has 0 bridgehead atoms. The monoisotopic (exact) mass is 301 g/mol. The number of thiophene rings is 1. The van der Waals surface area contributed by atoms with Gasteiger partial charge in [0, 0.05) is 10.2 Å². The SMILES string of the molecule is CCCc1nc(-c2cccs2)sc1CBr. The molecule has 0 saturated carbocycles. The van der Waals surface area contributed by atoms with E-state index in [-0.39, 0.29) is 0 Å². The summed E-state index contributed by atoms with van der Waals surface area (Å²) in [5.41, 5.74) is 1.27. The van der Waals surface area contributed by atoms with E-state index in [4.69, 9.17) is 4.98 Å². The highest BCUT2D eigenvalue weighted by molar-refractivity contribution is 9.08. The average Bonchev–Trinajstić information content (AvgIpc) is 2.84. The maximum absolute atomic E-state index is 4.71. The number of alkyl halides is 1. The number of nitrogens with zero attached hydrogens (tertiary/aromatic N) is 1. The third-order valence-electron chi connectivity index (χ3n) is 2.12. The molecule has 0 atom stereocenters. The largest absolute Gasteiger partial charge is 0.240 e. The van der Waals surface area contributed by atoms with E-state index in [2.05, 4.69) is 40.4 Å². The molecule has 0 amide bonds. The first-order valence-electron chi connectivity index (χ1n) is 4.93. The van der Waals surface area contributed by atoms with Crippen molar-refractivity contribution in [3.8, 4) is 9.88 Å². The normalized spacial score (nSPS) is 10.8. The Morgan fingerprint density at radius 2 is 2.33 bits per heavy atom. The molecule has 2 aromatic heterocycles. The molecule has 2 aromatic rings. The second-order valence-corrected chi connectivity index (χ2v) is 5.84. The van der Waals surface area contributed by atoms with E-state index in [1.54, 1.807) is 11.3 Å². The molecule has 0 unspecified atom stereocenters. The van der Waals surface area contributed by atoms with Gasteiger partial charge in [-0.15, -0.1) is 22.7 Å². The minimum absolute atomic E-state index is 0.922. The Kier molecular flexibility index (Phi) is 3.94. The number of hydrogen-bond donors (Lipinski definition) is 0. The van der Waals surface area contributed by atoms with E-state index in [1.165, 1.54) is 20.5 Å². The molecule has 0 saturated heterocycles. The quantitative estimate of drug-likeness (QED) is 0.745. The number of hydrogen-bond acceptors (Lipinski definition) is 3. The molecule has 0 aliphatic rings. The summed E-state index contributed by atoms with van der Waals surface area (Å²) < 4.78 is 0. The van der Waals surface area contributed by atoms with E-state index in [0.717, 1.165) is 18.2 Å². The van der Waals surface area contributed by atoms with Crippen LogP contribution in [0.5, 0.6) is 0 Å². The van der Waals surface area contributed by atoms with Crippen LogP contribution in [0.3, 0.4) is 0 Å². The Balaban J connectivity index is 2.34. The smallest absolute Gasteiger partial charge is 0.133 e. The summed E-state index contributed by atoms with van der Waals surface area (Å²) in [5, 5.41) is 4.19. The van der Waals surface area contributed by atoms with Crippen molar-refractivity contribution >= 4 is 38.6 Å². The molecule has 0 radical (unpaired) electrons. The highest BCUT2D eigenvalue weighted by atomic mass is 79.9. The topological polar surface area (TPSA) is 12.9 Å². The first-order valence-corrected chi connectivity index (χ1v) is 7.75. The number of rotatable bonds is 4. The third kappa shape index (κ3) is 2.49. The van der Waals surface area contributed by atoms with E-state index >= 15 is 0 Å². The van der Waals surface area contributed by atoms with Gasteiger partial charge in [-0.05, 0) is 17.9 Å². The van der Waals surface area contributed by atoms with Gasteiger partial charge in [0.2, 0.25) is 0 Å². The van der Waals surface area contributed by atoms with Crippen LogP contribution in [0.15, 0.2) is 17.5 Å². The van der Waals surface area contributed by atoms with Crippen LogP contribution in [0.4, 0.5) is 0 Å². The van der Waals surface area contributed by atoms with Gasteiger partial charge in [0.1, 0.15) is 5.01 Å². The lowest BCUT2D eigenvalue weighted by atomic mass is 10.2. The van der Waals surface area contributed by atoms with Crippen LogP contribution in [0.2, 0.25) is 0 Å². The summed E-state index contributed by atoms with van der Waals surface area (Å²) in [7, 11) is 0. The molecule has 0 fully saturated rings. The van der Waals surface area contributed by atoms with Crippen LogP contribution in [0, 0.1) is 0 Å². The van der Waals surface area contributed by atoms with Gasteiger partial charge < -0.3 is 0 Å². The Morgan fingerprint density at radius 3 is 2.93 bits per heavy atom. The number of aromatic nitrogens is 1. The summed E-state index contributed by atoms with van der Waals surface area (Å²) >= 11 is 7.10. The maximum Gasteiger partial charge on any atom is 0.133 e. The molecule has 2 heterocycles. The molecule has 4 heteroatoms. The fourth-order valence-corrected chi connectivity index (χ4v) is 3.85. The first kappa shape index (κ1) is 11.3. The molecule has 0 spiro atoms. The lowest BCUT2D eigenvalue weighted by molar-refractivity contribution is 0.885. The molecule has 15 heavy (non-hydrogen) atoms. The van der Waals surface area contributed by atoms with E-state index in [1.807, 2.05) is 11.3 Å². The third-order valence-corrected chi connectivity index (χ3v) is 5.19. The first-order chi connectivity index (χ1) is 7.35. The predicted molar refractivity (Wildman–Crippen MR) is 72.1 cm³/mol. The molecule has 0 aromatic carbocycles. The van der Waals surface area contributed by atoms with Gasteiger partial charge in [0.15, 0.2) is 0 Å². The lowest BCUT2D eigenvalue weighted by Gasteiger charge is -1.93. The number of halogens is 1. The molecule has 80 valence electrons. The minimum Gasteiger partial charge on any atom is -0.240 e. The molecule has 1 nitrogen and oxygen atoms in total. The summed E-state index contributed by atoms with van der Waals surface area (Å²) in [6.45, 7) is 2.20. The van der Waals surface area contributed by atoms with Gasteiger partial charge in [0.25, 0.3) is 0 Å². The van der Waals surface area contributed by atoms with Crippen LogP contribution < -0.4 is 0 Å². The van der Waals surface area contributed by atoms with Crippen molar-refractivity contribution in [3.05, 3.63) is 28.1 Å². The van der Waals surface area contributed by atoms with Gasteiger partial charge in [-0.1, -0.05) is 35.3 Å². The number of aryl methyl sites for hydroxylation is 1. The second kappa shape index (κ2) is 5.23. The van der Waals surface area contributed by atoms with Crippen LogP contribution in [-0.4, -0.2) is 4.98 Å². The highest BCUT2D eigenvalue weighted by Gasteiger charge is 2.11. The highest BCUT2D eigenvalue weighted by Crippen LogP contribution is 2.32. The Morgan fingerprint density at radius 1 is 1.47 bits per heavy atom. The van der Waals surface area contributed by atoms with Crippen molar-refractivity contribution in [2.24, 2.45) is 0 Å². The van der Waals surface area contributed by atoms with Crippen LogP contribution in [0.25, 0.3) is 9.88 Å². The zero-order chi connectivity index (χ0) is 10.7. The van der Waals surface area contributed by atoms with Gasteiger partial charge in [-0.2, -0.15) is 0 Å². The Bertz CT molecular complexity index is 420. The molecule has 0 aliphatic heterocycles. The number of thiazole rings is 1. The van der Waals surface area contributed by atoms with Gasteiger partial charge in [0.05, 0.1) is 10.6 Å². The van der Waals surface area contributed by atoms with Crippen LogP contribution in [0.1, 0.15) is 23.9 Å². The minimum atomic E-state index is 0.922. The van der Waals surface area contributed by atoms with E-state index in [9.17, 15) is 0 Å². The summed E-state index contributed by atoms with van der Waals surface area (Å²) in [6.07, 6.45) is 2.25. The van der Waals surface area contributed by atoms with Gasteiger partial charge in [-0.25, -0.2) is 4.98 Å². The molecule has 0 aliphatic carbocycles. The van der Waals surface area contributed by atoms with E-state index < -0.39 is 0 Å². The zero-order valence-corrected chi connectivity index (χ0v) is 11.7. The molecular weight excluding hydrogens is 290 g/mol. The standard InChI is InChI=1S/C11H12BrNS2/c1-2-4-8-10(7-12)15-11(13-8)9-5-3-6-14-9/h3,5-6H,2,4,7H2,1H3.